The van der Waals surface area contributed by atoms with Crippen LogP contribution < -0.4 is 10.9 Å². The van der Waals surface area contributed by atoms with Gasteiger partial charge in [0.05, 0.1) is 5.56 Å². The molecular formula is C15H13BN4O. The number of nitrogens with one attached hydrogen (secondary N) is 1. The summed E-state index contributed by atoms with van der Waals surface area (Å²) in [4.78, 5) is 20.8. The third kappa shape index (κ3) is 2.40. The van der Waals surface area contributed by atoms with Crippen LogP contribution in [0.5, 0.6) is 0 Å². The van der Waals surface area contributed by atoms with Crippen LogP contribution >= 0.6 is 0 Å². The van der Waals surface area contributed by atoms with Crippen molar-refractivity contribution < 1.29 is 4.79 Å². The van der Waals surface area contributed by atoms with Gasteiger partial charge in [-0.3, -0.25) is 4.79 Å². The molecule has 1 amide bonds. The highest BCUT2D eigenvalue weighted by Crippen LogP contribution is 2.14. The predicted octanol–water partition coefficient (Wildman–Crippen LogP) is 1.32. The molecule has 102 valence electrons. The molecule has 1 N–H and O–H groups in total. The summed E-state index contributed by atoms with van der Waals surface area (Å²) in [6, 6.07) is 9.05. The number of fused-ring (bicyclic) bond motifs is 1. The molecule has 0 saturated carbocycles. The summed E-state index contributed by atoms with van der Waals surface area (Å²) in [5.41, 5.74) is 2.49. The molecular weight excluding hydrogens is 263 g/mol. The second-order valence-corrected chi connectivity index (χ2v) is 4.83. The Bertz CT molecular complexity index is 841. The second-order valence-electron chi connectivity index (χ2n) is 4.83. The molecule has 0 bridgehead atoms. The summed E-state index contributed by atoms with van der Waals surface area (Å²) in [6.45, 7) is 1.85. The topological polar surface area (TPSA) is 59.8 Å². The van der Waals surface area contributed by atoms with E-state index in [0.717, 1.165) is 11.1 Å². The number of carbonyl (C=O) groups is 1. The Balaban J connectivity index is 1.90. The lowest BCUT2D eigenvalue weighted by Gasteiger charge is -2.06. The third-order valence-electron chi connectivity index (χ3n) is 3.52. The van der Waals surface area contributed by atoms with Crippen LogP contribution in [0.4, 0.5) is 5.82 Å². The quantitative estimate of drug-likeness (QED) is 0.718. The molecule has 3 rings (SSSR count). The molecule has 3 aromatic rings. The van der Waals surface area contributed by atoms with Crippen LogP contribution in [-0.4, -0.2) is 28.3 Å². The van der Waals surface area contributed by atoms with Gasteiger partial charge in [0, 0.05) is 24.3 Å². The minimum Gasteiger partial charge on any atom is -0.361 e. The average molecular weight is 276 g/mol. The first-order valence-corrected chi connectivity index (χ1v) is 6.51. The fourth-order valence-corrected chi connectivity index (χ4v) is 2.16. The van der Waals surface area contributed by atoms with Crippen molar-refractivity contribution in [1.82, 2.24) is 14.5 Å². The smallest absolute Gasteiger partial charge is 0.258 e. The van der Waals surface area contributed by atoms with E-state index in [9.17, 15) is 4.79 Å². The maximum Gasteiger partial charge on any atom is 0.258 e. The molecule has 6 heteroatoms. The molecule has 0 unspecified atom stereocenters. The molecule has 2 radical (unpaired) electrons. The van der Waals surface area contributed by atoms with E-state index in [-0.39, 0.29) is 5.91 Å². The number of aromatic nitrogens is 3. The third-order valence-corrected chi connectivity index (χ3v) is 3.52. The molecule has 0 aliphatic heterocycles. The number of carbonyl (C=O) groups excluding carboxylic acids is 1. The molecule has 0 aromatic carbocycles. The Kier molecular flexibility index (Phi) is 3.21. The van der Waals surface area contributed by atoms with Crippen molar-refractivity contribution in [1.29, 1.82) is 0 Å². The lowest BCUT2D eigenvalue weighted by molar-refractivity contribution is 0.102. The Labute approximate surface area is 123 Å². The zero-order valence-electron chi connectivity index (χ0n) is 11.8. The number of rotatable bonds is 2. The molecule has 5 nitrogen and oxygen atoms in total. The van der Waals surface area contributed by atoms with E-state index in [1.54, 1.807) is 22.9 Å². The van der Waals surface area contributed by atoms with Crippen molar-refractivity contribution >= 4 is 36.2 Å². The van der Waals surface area contributed by atoms with E-state index in [2.05, 4.69) is 15.3 Å². The molecule has 0 aliphatic rings. The van der Waals surface area contributed by atoms with E-state index in [0.29, 0.717) is 22.6 Å². The van der Waals surface area contributed by atoms with Crippen LogP contribution in [0.1, 0.15) is 16.1 Å². The van der Waals surface area contributed by atoms with Crippen LogP contribution in [0, 0.1) is 6.92 Å². The molecule has 3 aromatic heterocycles. The zero-order valence-corrected chi connectivity index (χ0v) is 11.8. The summed E-state index contributed by atoms with van der Waals surface area (Å²) >= 11 is 0. The number of nitrogens with zero attached hydrogens (tertiary/aromatic N) is 3. The highest BCUT2D eigenvalue weighted by molar-refractivity contribution is 6.31. The lowest BCUT2D eigenvalue weighted by atomic mass is 10.0. The van der Waals surface area contributed by atoms with Crippen molar-refractivity contribution in [3.8, 4) is 0 Å². The Morgan fingerprint density at radius 3 is 2.86 bits per heavy atom. The first-order chi connectivity index (χ1) is 10.1. The second kappa shape index (κ2) is 5.05. The minimum atomic E-state index is -0.234. The highest BCUT2D eigenvalue weighted by atomic mass is 16.1. The van der Waals surface area contributed by atoms with Crippen molar-refractivity contribution in [3.63, 3.8) is 0 Å². The first kappa shape index (κ1) is 13.4. The SMILES string of the molecule is [B]c1cc(C(=O)Nc2ccc3cccnc3n2)c(C)n1C. The van der Waals surface area contributed by atoms with Crippen LogP contribution in [0.3, 0.4) is 0 Å². The molecule has 0 saturated heterocycles. The number of pyridine rings is 2. The van der Waals surface area contributed by atoms with Gasteiger partial charge in [-0.1, -0.05) is 0 Å². The van der Waals surface area contributed by atoms with Crippen LogP contribution in [-0.2, 0) is 7.05 Å². The van der Waals surface area contributed by atoms with Crippen molar-refractivity contribution in [2.24, 2.45) is 7.05 Å². The lowest BCUT2D eigenvalue weighted by Crippen LogP contribution is -2.14. The number of hydrogen-bond acceptors (Lipinski definition) is 3. The largest absolute Gasteiger partial charge is 0.361 e. The molecule has 0 aliphatic carbocycles. The van der Waals surface area contributed by atoms with Crippen molar-refractivity contribution in [3.05, 3.63) is 47.8 Å². The fraction of sp³-hybridized carbons (Fsp3) is 0.133. The van der Waals surface area contributed by atoms with E-state index in [1.807, 2.05) is 32.2 Å². The minimum absolute atomic E-state index is 0.234. The standard InChI is InChI=1S/C15H13BN4O/c1-9-11(8-12(16)20(9)2)15(21)19-13-6-5-10-4-3-7-17-14(10)18-13/h3-8H,1-2H3,(H,17,18,19,21). The summed E-state index contributed by atoms with van der Waals surface area (Å²) in [5, 5.41) is 3.70. The van der Waals surface area contributed by atoms with Gasteiger partial charge in [-0.25, -0.2) is 9.97 Å². The normalized spacial score (nSPS) is 10.8. The number of hydrogen-bond donors (Lipinski definition) is 1. The Morgan fingerprint density at radius 1 is 1.33 bits per heavy atom. The van der Waals surface area contributed by atoms with Crippen LogP contribution in [0.25, 0.3) is 11.0 Å². The molecule has 0 atom stereocenters. The van der Waals surface area contributed by atoms with Gasteiger partial charge in [-0.2, -0.15) is 0 Å². The highest BCUT2D eigenvalue weighted by Gasteiger charge is 2.14. The van der Waals surface area contributed by atoms with Gasteiger partial charge >= 0.3 is 0 Å². The maximum atomic E-state index is 12.3. The van der Waals surface area contributed by atoms with Gasteiger partial charge in [0.1, 0.15) is 13.7 Å². The van der Waals surface area contributed by atoms with Crippen molar-refractivity contribution in [2.75, 3.05) is 5.32 Å². The molecule has 0 spiro atoms. The van der Waals surface area contributed by atoms with Crippen molar-refractivity contribution in [2.45, 2.75) is 6.92 Å². The van der Waals surface area contributed by atoms with Gasteiger partial charge < -0.3 is 9.88 Å². The first-order valence-electron chi connectivity index (χ1n) is 6.51. The Hall–Kier alpha value is -2.63. The molecule has 21 heavy (non-hydrogen) atoms. The van der Waals surface area contributed by atoms with Gasteiger partial charge in [0.15, 0.2) is 5.65 Å². The van der Waals surface area contributed by atoms with E-state index in [4.69, 9.17) is 7.85 Å². The monoisotopic (exact) mass is 276 g/mol. The predicted molar refractivity (Wildman–Crippen MR) is 83.0 cm³/mol. The summed E-state index contributed by atoms with van der Waals surface area (Å²) < 4.78 is 1.77. The maximum absolute atomic E-state index is 12.3. The number of amides is 1. The zero-order chi connectivity index (χ0) is 15.0. The van der Waals surface area contributed by atoms with E-state index >= 15 is 0 Å². The van der Waals surface area contributed by atoms with Crippen LogP contribution in [0.15, 0.2) is 36.5 Å². The fourth-order valence-electron chi connectivity index (χ4n) is 2.16. The molecule has 3 heterocycles. The van der Waals surface area contributed by atoms with E-state index < -0.39 is 0 Å². The summed E-state index contributed by atoms with van der Waals surface area (Å²) in [6.07, 6.45) is 1.67. The Morgan fingerprint density at radius 2 is 2.14 bits per heavy atom. The summed E-state index contributed by atoms with van der Waals surface area (Å²) in [5.74, 6) is 0.232. The van der Waals surface area contributed by atoms with Gasteiger partial charge in [0.2, 0.25) is 0 Å². The van der Waals surface area contributed by atoms with Gasteiger partial charge in [-0.05, 0) is 42.8 Å². The molecule has 0 fully saturated rings. The van der Waals surface area contributed by atoms with Gasteiger partial charge in [-0.15, -0.1) is 0 Å². The average Bonchev–Trinajstić information content (AvgIpc) is 2.75. The van der Waals surface area contributed by atoms with E-state index in [1.165, 1.54) is 0 Å². The van der Waals surface area contributed by atoms with Gasteiger partial charge in [0.25, 0.3) is 5.91 Å². The number of anilines is 1. The van der Waals surface area contributed by atoms with Crippen LogP contribution in [0.2, 0.25) is 0 Å². The summed E-state index contributed by atoms with van der Waals surface area (Å²) in [7, 11) is 7.62.